The van der Waals surface area contributed by atoms with Crippen LogP contribution in [0.2, 0.25) is 0 Å². The van der Waals surface area contributed by atoms with E-state index in [9.17, 15) is 9.18 Å². The monoisotopic (exact) mass is 207 g/mol. The fraction of sp³-hybridized carbons (Fsp3) is 0.273. The molecule has 0 aliphatic heterocycles. The van der Waals surface area contributed by atoms with E-state index < -0.39 is 11.8 Å². The number of ether oxygens (including phenoxy) is 1. The summed E-state index contributed by atoms with van der Waals surface area (Å²) in [6.07, 6.45) is -0.205. The van der Waals surface area contributed by atoms with Crippen LogP contribution in [0.4, 0.5) is 4.39 Å². The summed E-state index contributed by atoms with van der Waals surface area (Å²) < 4.78 is 18.0. The highest BCUT2D eigenvalue weighted by molar-refractivity contribution is 5.73. The third kappa shape index (κ3) is 2.78. The van der Waals surface area contributed by atoms with Gasteiger partial charge in [-0.25, -0.2) is 4.39 Å². The van der Waals surface area contributed by atoms with E-state index >= 15 is 0 Å². The molecule has 4 heteroatoms. The van der Waals surface area contributed by atoms with Crippen LogP contribution in [0.3, 0.4) is 0 Å². The highest BCUT2D eigenvalue weighted by atomic mass is 19.1. The van der Waals surface area contributed by atoms with Gasteiger partial charge in [0.15, 0.2) is 0 Å². The van der Waals surface area contributed by atoms with Crippen LogP contribution in [-0.2, 0) is 16.0 Å². The van der Waals surface area contributed by atoms with Crippen LogP contribution in [0.25, 0.3) is 0 Å². The van der Waals surface area contributed by atoms with Gasteiger partial charge in [0, 0.05) is 5.56 Å². The van der Waals surface area contributed by atoms with E-state index in [1.54, 1.807) is 6.92 Å². The molecule has 78 valence electrons. The molecule has 0 N–H and O–H groups in total. The normalized spacial score (nSPS) is 9.40. The summed E-state index contributed by atoms with van der Waals surface area (Å²) in [5.74, 6) is -1.08. The number of nitrogens with zero attached hydrogens (tertiary/aromatic N) is 1. The third-order valence-corrected chi connectivity index (χ3v) is 1.87. The molecule has 0 radical (unpaired) electrons. The SMILES string of the molecule is CCOC(=O)Cc1c(F)cccc1C#N. The van der Waals surface area contributed by atoms with Gasteiger partial charge in [-0.05, 0) is 19.1 Å². The molecule has 0 aromatic heterocycles. The van der Waals surface area contributed by atoms with Crippen molar-refractivity contribution >= 4 is 5.97 Å². The highest BCUT2D eigenvalue weighted by Gasteiger charge is 2.12. The molecular weight excluding hydrogens is 197 g/mol. The van der Waals surface area contributed by atoms with Crippen LogP contribution in [-0.4, -0.2) is 12.6 Å². The summed E-state index contributed by atoms with van der Waals surface area (Å²) in [4.78, 5) is 11.1. The maximum absolute atomic E-state index is 13.3. The van der Waals surface area contributed by atoms with E-state index in [-0.39, 0.29) is 24.2 Å². The first-order chi connectivity index (χ1) is 7.19. The van der Waals surface area contributed by atoms with Crippen LogP contribution in [0.1, 0.15) is 18.1 Å². The smallest absolute Gasteiger partial charge is 0.310 e. The number of nitriles is 1. The van der Waals surface area contributed by atoms with Gasteiger partial charge in [0.05, 0.1) is 24.7 Å². The molecule has 0 amide bonds. The Kier molecular flexibility index (Phi) is 3.81. The summed E-state index contributed by atoms with van der Waals surface area (Å²) in [6.45, 7) is 1.92. The molecule has 0 heterocycles. The summed E-state index contributed by atoms with van der Waals surface area (Å²) in [6, 6.07) is 5.96. The molecule has 0 aliphatic carbocycles. The Balaban J connectivity index is 2.94. The second-order valence-corrected chi connectivity index (χ2v) is 2.86. The first-order valence-electron chi connectivity index (χ1n) is 4.52. The molecule has 0 fully saturated rings. The molecule has 15 heavy (non-hydrogen) atoms. The van der Waals surface area contributed by atoms with Crippen LogP contribution in [0.15, 0.2) is 18.2 Å². The van der Waals surface area contributed by atoms with Gasteiger partial charge in [-0.3, -0.25) is 4.79 Å². The third-order valence-electron chi connectivity index (χ3n) is 1.87. The first-order valence-corrected chi connectivity index (χ1v) is 4.52. The number of carbonyl (C=O) groups is 1. The molecule has 0 unspecified atom stereocenters. The van der Waals surface area contributed by atoms with Crippen molar-refractivity contribution < 1.29 is 13.9 Å². The second-order valence-electron chi connectivity index (χ2n) is 2.86. The van der Waals surface area contributed by atoms with Crippen molar-refractivity contribution in [2.24, 2.45) is 0 Å². The number of halogens is 1. The lowest BCUT2D eigenvalue weighted by Gasteiger charge is -2.04. The second kappa shape index (κ2) is 5.11. The summed E-state index contributed by atoms with van der Waals surface area (Å²) in [5.41, 5.74) is 0.265. The Morgan fingerprint density at radius 3 is 2.93 bits per heavy atom. The topological polar surface area (TPSA) is 50.1 Å². The van der Waals surface area contributed by atoms with E-state index in [0.29, 0.717) is 0 Å². The van der Waals surface area contributed by atoms with E-state index in [0.717, 1.165) is 0 Å². The van der Waals surface area contributed by atoms with Crippen LogP contribution in [0, 0.1) is 17.1 Å². The minimum Gasteiger partial charge on any atom is -0.466 e. The van der Waals surface area contributed by atoms with E-state index in [1.165, 1.54) is 18.2 Å². The van der Waals surface area contributed by atoms with Gasteiger partial charge in [0.25, 0.3) is 0 Å². The predicted octanol–water partition coefficient (Wildman–Crippen LogP) is 1.80. The lowest BCUT2D eigenvalue weighted by molar-refractivity contribution is -0.142. The summed E-state index contributed by atoms with van der Waals surface area (Å²) >= 11 is 0. The lowest BCUT2D eigenvalue weighted by Crippen LogP contribution is -2.10. The molecular formula is C11H10FNO2. The standard InChI is InChI=1S/C11H10FNO2/c1-2-15-11(14)6-9-8(7-13)4-3-5-10(9)12/h3-5H,2,6H2,1H3. The van der Waals surface area contributed by atoms with Gasteiger partial charge < -0.3 is 4.74 Å². The summed E-state index contributed by atoms with van der Waals surface area (Å²) in [5, 5.41) is 8.72. The average Bonchev–Trinajstić information content (AvgIpc) is 2.21. The maximum atomic E-state index is 13.3. The van der Waals surface area contributed by atoms with Gasteiger partial charge in [-0.2, -0.15) is 5.26 Å². The van der Waals surface area contributed by atoms with Gasteiger partial charge in [0.2, 0.25) is 0 Å². The number of benzene rings is 1. The van der Waals surface area contributed by atoms with Crippen molar-refractivity contribution in [3.63, 3.8) is 0 Å². The Morgan fingerprint density at radius 2 is 2.33 bits per heavy atom. The van der Waals surface area contributed by atoms with Crippen LogP contribution in [0.5, 0.6) is 0 Å². The Morgan fingerprint density at radius 1 is 1.60 bits per heavy atom. The number of esters is 1. The van der Waals surface area contributed by atoms with Crippen molar-refractivity contribution in [3.05, 3.63) is 35.1 Å². The van der Waals surface area contributed by atoms with Crippen LogP contribution < -0.4 is 0 Å². The highest BCUT2D eigenvalue weighted by Crippen LogP contribution is 2.13. The van der Waals surface area contributed by atoms with Gasteiger partial charge in [-0.1, -0.05) is 6.07 Å². The van der Waals surface area contributed by atoms with E-state index in [2.05, 4.69) is 4.74 Å². The molecule has 1 aromatic rings. The maximum Gasteiger partial charge on any atom is 0.310 e. The largest absolute Gasteiger partial charge is 0.466 e. The molecule has 0 saturated carbocycles. The first kappa shape index (κ1) is 11.2. The summed E-state index contributed by atoms with van der Waals surface area (Å²) in [7, 11) is 0. The fourth-order valence-electron chi connectivity index (χ4n) is 1.20. The van der Waals surface area contributed by atoms with Crippen LogP contribution >= 0.6 is 0 Å². The molecule has 0 saturated heterocycles. The minimum absolute atomic E-state index is 0.0958. The Labute approximate surface area is 87.1 Å². The minimum atomic E-state index is -0.554. The van der Waals surface area contributed by atoms with Crippen molar-refractivity contribution in [2.45, 2.75) is 13.3 Å². The van der Waals surface area contributed by atoms with E-state index in [4.69, 9.17) is 5.26 Å². The number of carbonyl (C=O) groups excluding carboxylic acids is 1. The molecule has 1 aromatic carbocycles. The lowest BCUT2D eigenvalue weighted by atomic mass is 10.1. The predicted molar refractivity (Wildman–Crippen MR) is 51.5 cm³/mol. The molecule has 3 nitrogen and oxygen atoms in total. The average molecular weight is 207 g/mol. The van der Waals surface area contributed by atoms with Gasteiger partial charge in [0.1, 0.15) is 5.82 Å². The van der Waals surface area contributed by atoms with Crippen molar-refractivity contribution in [1.82, 2.24) is 0 Å². The zero-order valence-corrected chi connectivity index (χ0v) is 8.29. The quantitative estimate of drug-likeness (QED) is 0.710. The van der Waals surface area contributed by atoms with Crippen molar-refractivity contribution in [3.8, 4) is 6.07 Å². The molecule has 0 spiro atoms. The number of hydrogen-bond acceptors (Lipinski definition) is 3. The zero-order valence-electron chi connectivity index (χ0n) is 8.29. The van der Waals surface area contributed by atoms with Gasteiger partial charge in [-0.15, -0.1) is 0 Å². The van der Waals surface area contributed by atoms with E-state index in [1.807, 2.05) is 6.07 Å². The van der Waals surface area contributed by atoms with Gasteiger partial charge >= 0.3 is 5.97 Å². The molecule has 0 atom stereocenters. The number of rotatable bonds is 3. The number of hydrogen-bond donors (Lipinski definition) is 0. The molecule has 0 aliphatic rings. The Bertz CT molecular complexity index is 410. The molecule has 0 bridgehead atoms. The Hall–Kier alpha value is -1.89. The zero-order chi connectivity index (χ0) is 11.3. The molecule has 1 rings (SSSR count). The van der Waals surface area contributed by atoms with Crippen molar-refractivity contribution in [1.29, 1.82) is 5.26 Å². The fourth-order valence-corrected chi connectivity index (χ4v) is 1.20. The van der Waals surface area contributed by atoms with Crippen molar-refractivity contribution in [2.75, 3.05) is 6.61 Å².